The van der Waals surface area contributed by atoms with Gasteiger partial charge in [-0.1, -0.05) is 29.0 Å². The van der Waals surface area contributed by atoms with Crippen LogP contribution in [-0.4, -0.2) is 21.8 Å². The topological polar surface area (TPSA) is 83.6 Å². The van der Waals surface area contributed by atoms with E-state index in [1.165, 1.54) is 29.4 Å². The predicted molar refractivity (Wildman–Crippen MR) is 119 cm³/mol. The minimum absolute atomic E-state index is 0.0795. The molecule has 160 valence electrons. The number of furan rings is 1. The van der Waals surface area contributed by atoms with Crippen molar-refractivity contribution >= 4 is 44.1 Å². The molecule has 1 saturated heterocycles. The van der Waals surface area contributed by atoms with Crippen molar-refractivity contribution < 1.29 is 23.5 Å². The first-order valence-electron chi connectivity index (χ1n) is 9.83. The van der Waals surface area contributed by atoms with E-state index in [4.69, 9.17) is 4.42 Å². The smallest absolute Gasteiger partial charge is 0.302 e. The predicted octanol–water partition coefficient (Wildman–Crippen LogP) is 5.27. The van der Waals surface area contributed by atoms with Crippen LogP contribution in [0.3, 0.4) is 0 Å². The van der Waals surface area contributed by atoms with Crippen molar-refractivity contribution in [2.24, 2.45) is 0 Å². The minimum atomic E-state index is -1.00. The van der Waals surface area contributed by atoms with Crippen LogP contribution < -0.4 is 4.90 Å². The Morgan fingerprint density at radius 1 is 1.16 bits per heavy atom. The number of thiazole rings is 1. The summed E-state index contributed by atoms with van der Waals surface area (Å²) >= 11 is 1.09. The Hall–Kier alpha value is -3.78. The van der Waals surface area contributed by atoms with Crippen LogP contribution in [0.5, 0.6) is 0 Å². The fraction of sp³-hybridized carbons (Fsp3) is 0.125. The second-order valence-electron chi connectivity index (χ2n) is 7.61. The highest BCUT2D eigenvalue weighted by atomic mass is 32.1. The molecule has 0 saturated carbocycles. The number of aliphatic hydroxyl groups is 1. The van der Waals surface area contributed by atoms with Gasteiger partial charge in [-0.2, -0.15) is 0 Å². The van der Waals surface area contributed by atoms with Crippen molar-refractivity contribution in [3.8, 4) is 0 Å². The van der Waals surface area contributed by atoms with Crippen molar-refractivity contribution in [1.29, 1.82) is 0 Å². The second-order valence-corrected chi connectivity index (χ2v) is 8.62. The van der Waals surface area contributed by atoms with Crippen molar-refractivity contribution in [2.75, 3.05) is 4.90 Å². The van der Waals surface area contributed by atoms with Crippen LogP contribution in [0.25, 0.3) is 16.0 Å². The van der Waals surface area contributed by atoms with Crippen LogP contribution in [0.1, 0.15) is 28.5 Å². The zero-order chi connectivity index (χ0) is 22.6. The Bertz CT molecular complexity index is 1420. The molecule has 0 bridgehead atoms. The molecule has 2 aromatic carbocycles. The van der Waals surface area contributed by atoms with Crippen LogP contribution in [0.15, 0.2) is 64.8 Å². The fourth-order valence-electron chi connectivity index (χ4n) is 3.87. The molecular formula is C24H17FN2O4S. The number of aromatic nitrogens is 1. The Labute approximate surface area is 186 Å². The Balaban J connectivity index is 1.74. The van der Waals surface area contributed by atoms with Gasteiger partial charge in [0.2, 0.25) is 0 Å². The summed E-state index contributed by atoms with van der Waals surface area (Å²) in [6, 6.07) is 11.9. The van der Waals surface area contributed by atoms with Gasteiger partial charge in [-0.3, -0.25) is 14.5 Å². The highest BCUT2D eigenvalue weighted by Gasteiger charge is 2.49. The molecule has 3 heterocycles. The number of carbonyl (C=O) groups is 2. The zero-order valence-electron chi connectivity index (χ0n) is 17.1. The molecule has 1 unspecified atom stereocenters. The molecule has 1 N–H and O–H groups in total. The van der Waals surface area contributed by atoms with Crippen LogP contribution in [0, 0.1) is 19.7 Å². The van der Waals surface area contributed by atoms with E-state index in [0.29, 0.717) is 21.5 Å². The summed E-state index contributed by atoms with van der Waals surface area (Å²) in [4.78, 5) is 31.9. The number of hydrogen-bond acceptors (Lipinski definition) is 6. The van der Waals surface area contributed by atoms with Crippen molar-refractivity contribution in [2.45, 2.75) is 19.9 Å². The quantitative estimate of drug-likeness (QED) is 0.262. The third-order valence-electron chi connectivity index (χ3n) is 5.45. The van der Waals surface area contributed by atoms with Crippen molar-refractivity contribution in [3.05, 3.63) is 88.6 Å². The van der Waals surface area contributed by atoms with Gasteiger partial charge in [0.1, 0.15) is 23.4 Å². The van der Waals surface area contributed by atoms with Gasteiger partial charge in [0, 0.05) is 5.56 Å². The molecule has 1 atom stereocenters. The first kappa shape index (κ1) is 20.1. The van der Waals surface area contributed by atoms with Gasteiger partial charge in [0.25, 0.3) is 5.78 Å². The number of rotatable bonds is 3. The molecule has 1 amide bonds. The fourth-order valence-corrected chi connectivity index (χ4v) is 4.89. The van der Waals surface area contributed by atoms with E-state index in [1.54, 1.807) is 18.2 Å². The van der Waals surface area contributed by atoms with Gasteiger partial charge in [-0.15, -0.1) is 0 Å². The number of benzene rings is 2. The Kier molecular flexibility index (Phi) is 4.67. The highest BCUT2D eigenvalue weighted by molar-refractivity contribution is 7.22. The molecule has 1 aliphatic rings. The molecule has 0 spiro atoms. The molecular weight excluding hydrogens is 431 g/mol. The highest BCUT2D eigenvalue weighted by Crippen LogP contribution is 2.44. The summed E-state index contributed by atoms with van der Waals surface area (Å²) in [5, 5.41) is 11.4. The number of carbonyl (C=O) groups excluding carboxylic acids is 2. The standard InChI is InChI=1S/C24H17FN2O4S/c1-12-5-6-13(2)15(10-12)21(28)19-20(17-4-3-9-31-17)27(23(30)22(19)29)24-26-16-8-7-14(25)11-18(16)32-24/h3-11,20,28H,1-2H3/b21-19+. The normalized spacial score (nSPS) is 18.1. The van der Waals surface area contributed by atoms with E-state index in [9.17, 15) is 19.1 Å². The number of Topliss-reactive ketones (excluding diaryl/α,β-unsaturated/α-hetero) is 1. The maximum atomic E-state index is 13.7. The zero-order valence-corrected chi connectivity index (χ0v) is 17.9. The van der Waals surface area contributed by atoms with Gasteiger partial charge >= 0.3 is 5.91 Å². The van der Waals surface area contributed by atoms with Gasteiger partial charge < -0.3 is 9.52 Å². The van der Waals surface area contributed by atoms with E-state index < -0.39 is 23.5 Å². The average molecular weight is 448 g/mol. The number of anilines is 1. The van der Waals surface area contributed by atoms with Crippen LogP contribution in [-0.2, 0) is 9.59 Å². The summed E-state index contributed by atoms with van der Waals surface area (Å²) in [5.41, 5.74) is 2.54. The maximum absolute atomic E-state index is 13.7. The lowest BCUT2D eigenvalue weighted by atomic mass is 9.96. The lowest BCUT2D eigenvalue weighted by molar-refractivity contribution is -0.132. The SMILES string of the molecule is Cc1ccc(C)c(/C(O)=C2\C(=O)C(=O)N(c3nc4ccc(F)cc4s3)C2c2ccco2)c1. The maximum Gasteiger partial charge on any atom is 0.302 e. The van der Waals surface area contributed by atoms with Crippen LogP contribution in [0.2, 0.25) is 0 Å². The molecule has 32 heavy (non-hydrogen) atoms. The van der Waals surface area contributed by atoms with Crippen molar-refractivity contribution in [3.63, 3.8) is 0 Å². The van der Waals surface area contributed by atoms with Crippen molar-refractivity contribution in [1.82, 2.24) is 4.98 Å². The molecule has 1 fully saturated rings. The van der Waals surface area contributed by atoms with Crippen LogP contribution in [0.4, 0.5) is 9.52 Å². The Morgan fingerprint density at radius 2 is 1.97 bits per heavy atom. The largest absolute Gasteiger partial charge is 0.507 e. The summed E-state index contributed by atoms with van der Waals surface area (Å²) in [6.07, 6.45) is 1.43. The van der Waals surface area contributed by atoms with Crippen LogP contribution >= 0.6 is 11.3 Å². The molecule has 2 aromatic heterocycles. The lowest BCUT2D eigenvalue weighted by Gasteiger charge is -2.20. The number of hydrogen-bond donors (Lipinski definition) is 1. The van der Waals surface area contributed by atoms with E-state index in [1.807, 2.05) is 26.0 Å². The lowest BCUT2D eigenvalue weighted by Crippen LogP contribution is -2.29. The number of halogens is 1. The summed E-state index contributed by atoms with van der Waals surface area (Å²) in [5.74, 6) is -2.07. The molecule has 6 nitrogen and oxygen atoms in total. The number of fused-ring (bicyclic) bond motifs is 1. The number of ketones is 1. The third kappa shape index (κ3) is 3.11. The average Bonchev–Trinajstić information content (AvgIpc) is 3.48. The van der Waals surface area contributed by atoms with Gasteiger partial charge in [0.15, 0.2) is 5.13 Å². The van der Waals surface area contributed by atoms with E-state index in [2.05, 4.69) is 4.98 Å². The second kappa shape index (κ2) is 7.42. The first-order valence-corrected chi connectivity index (χ1v) is 10.6. The summed E-state index contributed by atoms with van der Waals surface area (Å²) in [6.45, 7) is 3.69. The summed E-state index contributed by atoms with van der Waals surface area (Å²) < 4.78 is 19.8. The number of aliphatic hydroxyl groups excluding tert-OH is 1. The number of amides is 1. The molecule has 1 aliphatic heterocycles. The molecule has 0 aliphatic carbocycles. The number of nitrogens with zero attached hydrogens (tertiary/aromatic N) is 2. The third-order valence-corrected chi connectivity index (χ3v) is 6.47. The van der Waals surface area contributed by atoms with Gasteiger partial charge in [-0.25, -0.2) is 9.37 Å². The molecule has 5 rings (SSSR count). The summed E-state index contributed by atoms with van der Waals surface area (Å²) in [7, 11) is 0. The molecule has 8 heteroatoms. The van der Waals surface area contributed by atoms with E-state index >= 15 is 0 Å². The number of aryl methyl sites for hydroxylation is 2. The monoisotopic (exact) mass is 448 g/mol. The van der Waals surface area contributed by atoms with Gasteiger partial charge in [-0.05, 0) is 55.8 Å². The molecule has 0 radical (unpaired) electrons. The minimum Gasteiger partial charge on any atom is -0.507 e. The van der Waals surface area contributed by atoms with Gasteiger partial charge in [0.05, 0.1) is 22.1 Å². The van der Waals surface area contributed by atoms with E-state index in [0.717, 1.165) is 22.5 Å². The molecule has 4 aromatic rings. The Morgan fingerprint density at radius 3 is 2.72 bits per heavy atom. The first-order chi connectivity index (χ1) is 15.3. The van der Waals surface area contributed by atoms with E-state index in [-0.39, 0.29) is 16.5 Å².